The van der Waals surface area contributed by atoms with Gasteiger partial charge in [-0.05, 0) is 0 Å². The van der Waals surface area contributed by atoms with E-state index in [1.54, 1.807) is 0 Å². The average Bonchev–Trinajstić information content (AvgIpc) is 2.29. The molecule has 0 amide bonds. The van der Waals surface area contributed by atoms with Crippen molar-refractivity contribution in [3.8, 4) is 5.75 Å². The van der Waals surface area contributed by atoms with E-state index >= 15 is 0 Å². The number of sulfonamides is 1. The lowest BCUT2D eigenvalue weighted by Crippen LogP contribution is -2.17. The maximum absolute atomic E-state index is 13.6. The van der Waals surface area contributed by atoms with Crippen molar-refractivity contribution < 1.29 is 22.5 Å². The molecule has 1 aromatic carbocycles. The molecule has 1 rings (SSSR count). The van der Waals surface area contributed by atoms with Gasteiger partial charge in [0, 0.05) is 16.7 Å². The van der Waals surface area contributed by atoms with Gasteiger partial charge in [0.1, 0.15) is 5.82 Å². The highest BCUT2D eigenvalue weighted by Crippen LogP contribution is 2.34. The third-order valence-corrected chi connectivity index (χ3v) is 4.12. The topological polar surface area (TPSA) is 113 Å². The molecule has 7 nitrogen and oxygen atoms in total. The van der Waals surface area contributed by atoms with Crippen LogP contribution in [0.15, 0.2) is 17.0 Å². The molecule has 0 saturated carbocycles. The summed E-state index contributed by atoms with van der Waals surface area (Å²) in [4.78, 5) is 9.94. The van der Waals surface area contributed by atoms with Crippen molar-refractivity contribution in [1.29, 1.82) is 0 Å². The Kier molecular flexibility index (Phi) is 5.09. The molecule has 106 valence electrons. The molecule has 0 unspecified atom stereocenters. The number of methoxy groups -OCH3 is 1. The Balaban J connectivity index is 2.94. The fourth-order valence-electron chi connectivity index (χ4n) is 1.21. The van der Waals surface area contributed by atoms with E-state index in [2.05, 4.69) is 0 Å². The van der Waals surface area contributed by atoms with Gasteiger partial charge in [0.25, 0.3) is 0 Å². The number of nitrogens with zero attached hydrogens (tertiary/aromatic N) is 1. The molecule has 10 heteroatoms. The number of primary sulfonamides is 1. The Morgan fingerprint density at radius 3 is 2.63 bits per heavy atom. The summed E-state index contributed by atoms with van der Waals surface area (Å²) in [7, 11) is -2.41. The van der Waals surface area contributed by atoms with Crippen LogP contribution >= 0.6 is 11.8 Å². The summed E-state index contributed by atoms with van der Waals surface area (Å²) in [6.45, 7) is 0. The highest BCUT2D eigenvalue weighted by atomic mass is 32.2. The zero-order valence-electron chi connectivity index (χ0n) is 9.83. The van der Waals surface area contributed by atoms with Crippen LogP contribution in [0.1, 0.15) is 0 Å². The van der Waals surface area contributed by atoms with Gasteiger partial charge in [0.2, 0.25) is 10.0 Å². The van der Waals surface area contributed by atoms with Crippen LogP contribution in [0.5, 0.6) is 5.75 Å². The molecular formula is C9H11FN2O5S2. The third-order valence-electron chi connectivity index (χ3n) is 2.06. The Morgan fingerprint density at radius 1 is 1.53 bits per heavy atom. The summed E-state index contributed by atoms with van der Waals surface area (Å²) < 4.78 is 39.8. The predicted octanol–water partition coefficient (Wildman–Crippen LogP) is 1.12. The molecule has 0 aromatic heterocycles. The second-order valence-corrected chi connectivity index (χ2v) is 6.30. The molecular weight excluding hydrogens is 299 g/mol. The fraction of sp³-hybridized carbons (Fsp3) is 0.333. The van der Waals surface area contributed by atoms with E-state index in [9.17, 15) is 22.9 Å². The fourth-order valence-corrected chi connectivity index (χ4v) is 3.08. The second kappa shape index (κ2) is 6.17. The van der Waals surface area contributed by atoms with Gasteiger partial charge >= 0.3 is 5.69 Å². The zero-order chi connectivity index (χ0) is 14.6. The molecule has 0 fully saturated rings. The van der Waals surface area contributed by atoms with Gasteiger partial charge in [0.05, 0.1) is 23.9 Å². The van der Waals surface area contributed by atoms with Crippen LogP contribution in [0, 0.1) is 15.9 Å². The summed E-state index contributed by atoms with van der Waals surface area (Å²) >= 11 is 0.887. The van der Waals surface area contributed by atoms with E-state index < -0.39 is 26.5 Å². The first-order chi connectivity index (χ1) is 8.74. The number of hydrogen-bond acceptors (Lipinski definition) is 6. The Hall–Kier alpha value is -1.39. The zero-order valence-corrected chi connectivity index (χ0v) is 11.5. The second-order valence-electron chi connectivity index (χ2n) is 3.43. The minimum atomic E-state index is -3.63. The molecule has 19 heavy (non-hydrogen) atoms. The highest BCUT2D eigenvalue weighted by Gasteiger charge is 2.19. The predicted molar refractivity (Wildman–Crippen MR) is 68.3 cm³/mol. The van der Waals surface area contributed by atoms with Crippen molar-refractivity contribution in [2.75, 3.05) is 18.6 Å². The highest BCUT2D eigenvalue weighted by molar-refractivity contribution is 8.00. The van der Waals surface area contributed by atoms with Crippen LogP contribution in [0.3, 0.4) is 0 Å². The van der Waals surface area contributed by atoms with E-state index in [4.69, 9.17) is 9.88 Å². The summed E-state index contributed by atoms with van der Waals surface area (Å²) in [5.41, 5.74) is -0.490. The summed E-state index contributed by atoms with van der Waals surface area (Å²) in [6.07, 6.45) is 0. The van der Waals surface area contributed by atoms with E-state index in [0.29, 0.717) is 0 Å². The smallest absolute Gasteiger partial charge is 0.313 e. The molecule has 0 aliphatic heterocycles. The van der Waals surface area contributed by atoms with Crippen molar-refractivity contribution in [3.05, 3.63) is 28.1 Å². The molecule has 0 aliphatic carbocycles. The van der Waals surface area contributed by atoms with Gasteiger partial charge in [-0.25, -0.2) is 17.9 Å². The Morgan fingerprint density at radius 2 is 2.16 bits per heavy atom. The molecule has 0 heterocycles. The average molecular weight is 310 g/mol. The monoisotopic (exact) mass is 310 g/mol. The summed E-state index contributed by atoms with van der Waals surface area (Å²) in [5, 5.41) is 15.5. The normalized spacial score (nSPS) is 11.3. The van der Waals surface area contributed by atoms with Gasteiger partial charge in [-0.2, -0.15) is 0 Å². The summed E-state index contributed by atoms with van der Waals surface area (Å²) in [5.74, 6) is -1.19. The number of halogens is 1. The molecule has 0 spiro atoms. The molecule has 0 atom stereocenters. The van der Waals surface area contributed by atoms with Crippen LogP contribution < -0.4 is 9.88 Å². The van der Waals surface area contributed by atoms with Crippen molar-refractivity contribution in [1.82, 2.24) is 0 Å². The number of nitrogens with two attached hydrogens (primary N) is 1. The van der Waals surface area contributed by atoms with Crippen molar-refractivity contribution in [2.45, 2.75) is 4.90 Å². The first kappa shape index (κ1) is 15.7. The van der Waals surface area contributed by atoms with Crippen LogP contribution in [0.25, 0.3) is 0 Å². The van der Waals surface area contributed by atoms with Crippen LogP contribution in [0.4, 0.5) is 10.1 Å². The lowest BCUT2D eigenvalue weighted by Gasteiger charge is -2.06. The Labute approximate surface area is 113 Å². The maximum Gasteiger partial charge on any atom is 0.313 e. The van der Waals surface area contributed by atoms with Crippen molar-refractivity contribution in [3.63, 3.8) is 0 Å². The van der Waals surface area contributed by atoms with E-state index in [1.807, 2.05) is 0 Å². The van der Waals surface area contributed by atoms with Crippen molar-refractivity contribution >= 4 is 27.5 Å². The lowest BCUT2D eigenvalue weighted by molar-refractivity contribution is -0.386. The number of hydrogen-bond donors (Lipinski definition) is 1. The van der Waals surface area contributed by atoms with Crippen LogP contribution in [-0.2, 0) is 10.0 Å². The molecule has 0 aliphatic rings. The quantitative estimate of drug-likeness (QED) is 0.478. The largest absolute Gasteiger partial charge is 0.490 e. The number of ether oxygens (including phenoxy) is 1. The molecule has 0 bridgehead atoms. The van der Waals surface area contributed by atoms with E-state index in [1.165, 1.54) is 7.11 Å². The van der Waals surface area contributed by atoms with Gasteiger partial charge in [-0.15, -0.1) is 11.8 Å². The van der Waals surface area contributed by atoms with Gasteiger partial charge in [-0.1, -0.05) is 0 Å². The minimum Gasteiger partial charge on any atom is -0.490 e. The molecule has 1 aromatic rings. The van der Waals surface area contributed by atoms with Gasteiger partial charge < -0.3 is 4.74 Å². The van der Waals surface area contributed by atoms with Gasteiger partial charge in [-0.3, -0.25) is 10.1 Å². The maximum atomic E-state index is 13.6. The van der Waals surface area contributed by atoms with Crippen molar-refractivity contribution in [2.24, 2.45) is 5.14 Å². The Bertz CT molecular complexity index is 591. The molecule has 2 N–H and O–H groups in total. The van der Waals surface area contributed by atoms with E-state index in [-0.39, 0.29) is 22.2 Å². The SMILES string of the molecule is COc1cc(SCCS(N)(=O)=O)c(F)cc1[N+](=O)[O-]. The van der Waals surface area contributed by atoms with E-state index in [0.717, 1.165) is 23.9 Å². The standard InChI is InChI=1S/C9H11FN2O5S2/c1-17-8-5-9(18-2-3-19(11,15)16)6(10)4-7(8)12(13)14/h4-5H,2-3H2,1H3,(H2,11,15,16). The van der Waals surface area contributed by atoms with Crippen LogP contribution in [0.2, 0.25) is 0 Å². The minimum absolute atomic E-state index is 0.0384. The lowest BCUT2D eigenvalue weighted by atomic mass is 10.3. The molecule has 0 saturated heterocycles. The van der Waals surface area contributed by atoms with Gasteiger partial charge in [0.15, 0.2) is 5.75 Å². The first-order valence-corrected chi connectivity index (χ1v) is 7.60. The number of thioether (sulfide) groups is 1. The number of nitro groups is 1. The first-order valence-electron chi connectivity index (χ1n) is 4.90. The summed E-state index contributed by atoms with van der Waals surface area (Å²) in [6, 6.07) is 1.89. The number of rotatable bonds is 6. The molecule has 0 radical (unpaired) electrons. The third kappa shape index (κ3) is 4.65. The number of benzene rings is 1. The number of nitro benzene ring substituents is 1. The van der Waals surface area contributed by atoms with Crippen LogP contribution in [-0.4, -0.2) is 32.0 Å².